The summed E-state index contributed by atoms with van der Waals surface area (Å²) in [5.41, 5.74) is 0.500. The summed E-state index contributed by atoms with van der Waals surface area (Å²) in [6, 6.07) is 10.7. The molecule has 7 heteroatoms. The summed E-state index contributed by atoms with van der Waals surface area (Å²) >= 11 is 12.1. The summed E-state index contributed by atoms with van der Waals surface area (Å²) in [6.07, 6.45) is 1.88. The third-order valence-corrected chi connectivity index (χ3v) is 4.02. The van der Waals surface area contributed by atoms with E-state index in [1.807, 2.05) is 0 Å². The molecule has 4 nitrogen and oxygen atoms in total. The maximum atomic E-state index is 13.4. The summed E-state index contributed by atoms with van der Waals surface area (Å²) in [6.45, 7) is 0.194. The third-order valence-electron chi connectivity index (χ3n) is 3.48. The van der Waals surface area contributed by atoms with Gasteiger partial charge in [0.15, 0.2) is 6.29 Å². The molecule has 2 aromatic carbocycles. The standard InChI is InChI=1S/C17H11Cl2FN2O2/c18-13-4-5-16(15(19)7-13)22-17(24)12(10-23)9-21(22)8-11-2-1-3-14(20)6-11/h1-7,9-10H,8H2. The van der Waals surface area contributed by atoms with Crippen molar-refractivity contribution < 1.29 is 9.18 Å². The zero-order valence-electron chi connectivity index (χ0n) is 12.2. The number of aromatic nitrogens is 2. The van der Waals surface area contributed by atoms with Gasteiger partial charge in [-0.3, -0.25) is 14.3 Å². The summed E-state index contributed by atoms with van der Waals surface area (Å²) in [5.74, 6) is -0.381. The molecule has 0 saturated carbocycles. The van der Waals surface area contributed by atoms with Gasteiger partial charge >= 0.3 is 0 Å². The molecule has 24 heavy (non-hydrogen) atoms. The van der Waals surface area contributed by atoms with Crippen LogP contribution in [0, 0.1) is 5.82 Å². The first-order valence-corrected chi connectivity index (χ1v) is 7.72. The number of halogens is 3. The van der Waals surface area contributed by atoms with Crippen LogP contribution >= 0.6 is 23.2 Å². The van der Waals surface area contributed by atoms with E-state index in [4.69, 9.17) is 23.2 Å². The van der Waals surface area contributed by atoms with E-state index in [1.165, 1.54) is 33.8 Å². The van der Waals surface area contributed by atoms with Crippen molar-refractivity contribution in [1.29, 1.82) is 0 Å². The smallest absolute Gasteiger partial charge is 0.282 e. The van der Waals surface area contributed by atoms with Gasteiger partial charge in [0, 0.05) is 11.2 Å². The van der Waals surface area contributed by atoms with E-state index >= 15 is 0 Å². The molecule has 0 bridgehead atoms. The van der Waals surface area contributed by atoms with Crippen LogP contribution < -0.4 is 5.56 Å². The van der Waals surface area contributed by atoms with Gasteiger partial charge in [-0.1, -0.05) is 35.3 Å². The lowest BCUT2D eigenvalue weighted by Crippen LogP contribution is -2.23. The number of nitrogens with zero attached hydrogens (tertiary/aromatic N) is 2. The molecule has 0 aliphatic carbocycles. The van der Waals surface area contributed by atoms with Crippen molar-refractivity contribution in [3.05, 3.63) is 86.0 Å². The number of rotatable bonds is 4. The fraction of sp³-hybridized carbons (Fsp3) is 0.0588. The lowest BCUT2D eigenvalue weighted by Gasteiger charge is -2.13. The average Bonchev–Trinajstić information content (AvgIpc) is 2.83. The van der Waals surface area contributed by atoms with Crippen LogP contribution in [-0.4, -0.2) is 15.6 Å². The minimum absolute atomic E-state index is 0.0163. The first-order valence-electron chi connectivity index (χ1n) is 6.97. The Morgan fingerprint density at radius 3 is 2.58 bits per heavy atom. The van der Waals surface area contributed by atoms with Crippen LogP contribution in [0.2, 0.25) is 10.0 Å². The molecule has 122 valence electrons. The maximum Gasteiger partial charge on any atom is 0.282 e. The molecule has 0 amide bonds. The Morgan fingerprint density at radius 2 is 1.92 bits per heavy atom. The molecule has 0 radical (unpaired) electrons. The van der Waals surface area contributed by atoms with Gasteiger partial charge < -0.3 is 0 Å². The van der Waals surface area contributed by atoms with Crippen LogP contribution in [0.25, 0.3) is 5.69 Å². The Balaban J connectivity index is 2.16. The molecule has 3 aromatic rings. The average molecular weight is 365 g/mol. The molecule has 0 unspecified atom stereocenters. The van der Waals surface area contributed by atoms with Crippen molar-refractivity contribution in [2.24, 2.45) is 0 Å². The number of aldehydes is 1. The number of carbonyl (C=O) groups excluding carboxylic acids is 1. The van der Waals surface area contributed by atoms with Gasteiger partial charge in [-0.25, -0.2) is 9.07 Å². The molecular formula is C17H11Cl2FN2O2. The van der Waals surface area contributed by atoms with E-state index in [0.29, 0.717) is 22.6 Å². The third kappa shape index (κ3) is 3.13. The Bertz CT molecular complexity index is 979. The van der Waals surface area contributed by atoms with E-state index in [2.05, 4.69) is 0 Å². The van der Waals surface area contributed by atoms with E-state index in [9.17, 15) is 14.0 Å². The van der Waals surface area contributed by atoms with Crippen molar-refractivity contribution in [2.45, 2.75) is 6.54 Å². The second-order valence-corrected chi connectivity index (χ2v) is 5.99. The van der Waals surface area contributed by atoms with Gasteiger partial charge in [0.1, 0.15) is 5.82 Å². The summed E-state index contributed by atoms with van der Waals surface area (Å²) in [5, 5.41) is 0.691. The summed E-state index contributed by atoms with van der Waals surface area (Å²) in [4.78, 5) is 23.6. The lowest BCUT2D eigenvalue weighted by molar-refractivity contribution is 0.112. The zero-order valence-corrected chi connectivity index (χ0v) is 13.8. The van der Waals surface area contributed by atoms with Crippen molar-refractivity contribution in [2.75, 3.05) is 0 Å². The Morgan fingerprint density at radius 1 is 1.12 bits per heavy atom. The van der Waals surface area contributed by atoms with Gasteiger partial charge in [0.05, 0.1) is 22.8 Å². The van der Waals surface area contributed by atoms with Crippen molar-refractivity contribution in [3.8, 4) is 5.69 Å². The molecule has 0 aliphatic heterocycles. The minimum Gasteiger partial charge on any atom is -0.298 e. The molecule has 0 N–H and O–H groups in total. The minimum atomic E-state index is -0.509. The van der Waals surface area contributed by atoms with Crippen LogP contribution in [0.4, 0.5) is 4.39 Å². The second kappa shape index (κ2) is 6.63. The van der Waals surface area contributed by atoms with E-state index < -0.39 is 5.56 Å². The second-order valence-electron chi connectivity index (χ2n) is 5.14. The predicted molar refractivity (Wildman–Crippen MR) is 90.9 cm³/mol. The van der Waals surface area contributed by atoms with Gasteiger partial charge in [-0.05, 0) is 35.9 Å². The Hall–Kier alpha value is -2.37. The van der Waals surface area contributed by atoms with Crippen LogP contribution in [0.5, 0.6) is 0 Å². The highest BCUT2D eigenvalue weighted by atomic mass is 35.5. The molecule has 0 spiro atoms. The molecule has 0 fully saturated rings. The van der Waals surface area contributed by atoms with Gasteiger partial charge in [-0.15, -0.1) is 0 Å². The van der Waals surface area contributed by atoms with Crippen LogP contribution in [0.1, 0.15) is 15.9 Å². The lowest BCUT2D eigenvalue weighted by atomic mass is 10.2. The zero-order chi connectivity index (χ0) is 17.3. The monoisotopic (exact) mass is 364 g/mol. The van der Waals surface area contributed by atoms with Crippen LogP contribution in [0.3, 0.4) is 0 Å². The number of hydrogen-bond acceptors (Lipinski definition) is 2. The van der Waals surface area contributed by atoms with Crippen LogP contribution in [0.15, 0.2) is 53.5 Å². The largest absolute Gasteiger partial charge is 0.298 e. The fourth-order valence-corrected chi connectivity index (χ4v) is 2.92. The first-order chi connectivity index (χ1) is 11.5. The van der Waals surface area contributed by atoms with Gasteiger partial charge in [0.2, 0.25) is 0 Å². The highest BCUT2D eigenvalue weighted by molar-refractivity contribution is 6.35. The highest BCUT2D eigenvalue weighted by Crippen LogP contribution is 2.24. The molecule has 3 rings (SSSR count). The molecule has 1 heterocycles. The maximum absolute atomic E-state index is 13.4. The number of carbonyl (C=O) groups is 1. The van der Waals surface area contributed by atoms with Crippen molar-refractivity contribution >= 4 is 29.5 Å². The van der Waals surface area contributed by atoms with Gasteiger partial charge in [0.25, 0.3) is 5.56 Å². The van der Waals surface area contributed by atoms with E-state index in [1.54, 1.807) is 24.3 Å². The Labute approximate surface area is 146 Å². The first kappa shape index (κ1) is 16.5. The summed E-state index contributed by atoms with van der Waals surface area (Å²) < 4.78 is 16.2. The molecule has 0 aliphatic rings. The fourth-order valence-electron chi connectivity index (χ4n) is 2.43. The normalized spacial score (nSPS) is 10.8. The molecular weight excluding hydrogens is 354 g/mol. The predicted octanol–water partition coefficient (Wildman–Crippen LogP) is 3.95. The number of hydrogen-bond donors (Lipinski definition) is 0. The van der Waals surface area contributed by atoms with Gasteiger partial charge in [-0.2, -0.15) is 0 Å². The molecule has 0 saturated heterocycles. The molecule has 0 atom stereocenters. The number of benzene rings is 2. The molecule has 1 aromatic heterocycles. The Kier molecular flexibility index (Phi) is 4.55. The summed E-state index contributed by atoms with van der Waals surface area (Å²) in [7, 11) is 0. The topological polar surface area (TPSA) is 44.0 Å². The van der Waals surface area contributed by atoms with Crippen molar-refractivity contribution in [1.82, 2.24) is 9.36 Å². The quantitative estimate of drug-likeness (QED) is 0.658. The SMILES string of the molecule is O=Cc1cn(Cc2cccc(F)c2)n(-c2ccc(Cl)cc2Cl)c1=O. The van der Waals surface area contributed by atoms with Crippen molar-refractivity contribution in [3.63, 3.8) is 0 Å². The highest BCUT2D eigenvalue weighted by Gasteiger charge is 2.15. The van der Waals surface area contributed by atoms with E-state index in [0.717, 1.165) is 0 Å². The van der Waals surface area contributed by atoms with Crippen LogP contribution in [-0.2, 0) is 6.54 Å². The van der Waals surface area contributed by atoms with E-state index in [-0.39, 0.29) is 22.9 Å².